The number of amides is 1. The third kappa shape index (κ3) is 3.31. The van der Waals surface area contributed by atoms with Gasteiger partial charge >= 0.3 is 0 Å². The predicted molar refractivity (Wildman–Crippen MR) is 61.7 cm³/mol. The topological polar surface area (TPSA) is 68.0 Å². The molecule has 0 saturated heterocycles. The number of carbonyl (C=O) groups excluding carboxylic acids is 1. The molecule has 1 aliphatic carbocycles. The van der Waals surface area contributed by atoms with Crippen LogP contribution >= 0.6 is 0 Å². The molecule has 16 heavy (non-hydrogen) atoms. The molecular formula is C12H17N3O. The van der Waals surface area contributed by atoms with Crippen molar-refractivity contribution in [2.24, 2.45) is 11.7 Å². The number of aromatic nitrogens is 1. The maximum absolute atomic E-state index is 11.6. The first-order valence-electron chi connectivity index (χ1n) is 5.68. The monoisotopic (exact) mass is 219 g/mol. The summed E-state index contributed by atoms with van der Waals surface area (Å²) in [6.07, 6.45) is 4.44. The SMILES string of the molecule is NC(CNC(=O)Cc1ccccn1)C1CC1. The Labute approximate surface area is 95.3 Å². The van der Waals surface area contributed by atoms with Crippen molar-refractivity contribution in [3.63, 3.8) is 0 Å². The second-order valence-corrected chi connectivity index (χ2v) is 4.30. The summed E-state index contributed by atoms with van der Waals surface area (Å²) < 4.78 is 0. The van der Waals surface area contributed by atoms with E-state index in [0.717, 1.165) is 5.69 Å². The molecule has 1 fully saturated rings. The third-order valence-corrected chi connectivity index (χ3v) is 2.83. The molecule has 0 radical (unpaired) electrons. The lowest BCUT2D eigenvalue weighted by atomic mass is 10.2. The molecule has 4 heteroatoms. The maximum Gasteiger partial charge on any atom is 0.226 e. The van der Waals surface area contributed by atoms with Crippen LogP contribution < -0.4 is 11.1 Å². The van der Waals surface area contributed by atoms with Crippen molar-refractivity contribution in [1.29, 1.82) is 0 Å². The highest BCUT2D eigenvalue weighted by Crippen LogP contribution is 2.31. The summed E-state index contributed by atoms with van der Waals surface area (Å²) in [6.45, 7) is 0.580. The van der Waals surface area contributed by atoms with E-state index in [2.05, 4.69) is 10.3 Å². The lowest BCUT2D eigenvalue weighted by molar-refractivity contribution is -0.120. The molecule has 0 aromatic carbocycles. The number of pyridine rings is 1. The highest BCUT2D eigenvalue weighted by Gasteiger charge is 2.28. The van der Waals surface area contributed by atoms with Crippen LogP contribution in [-0.4, -0.2) is 23.5 Å². The minimum atomic E-state index is -0.00481. The molecule has 1 atom stereocenters. The maximum atomic E-state index is 11.6. The lowest BCUT2D eigenvalue weighted by Crippen LogP contribution is -2.39. The smallest absolute Gasteiger partial charge is 0.226 e. The van der Waals surface area contributed by atoms with Crippen molar-refractivity contribution in [2.75, 3.05) is 6.54 Å². The van der Waals surface area contributed by atoms with Crippen LogP contribution in [-0.2, 0) is 11.2 Å². The summed E-state index contributed by atoms with van der Waals surface area (Å²) in [6, 6.07) is 5.68. The van der Waals surface area contributed by atoms with Gasteiger partial charge in [-0.1, -0.05) is 6.07 Å². The largest absolute Gasteiger partial charge is 0.354 e. The fourth-order valence-corrected chi connectivity index (χ4v) is 1.65. The molecular weight excluding hydrogens is 202 g/mol. The van der Waals surface area contributed by atoms with Crippen LogP contribution in [0.1, 0.15) is 18.5 Å². The number of hydrogen-bond acceptors (Lipinski definition) is 3. The summed E-state index contributed by atoms with van der Waals surface area (Å²) in [4.78, 5) is 15.7. The first-order chi connectivity index (χ1) is 7.75. The molecule has 1 saturated carbocycles. The molecule has 1 unspecified atom stereocenters. The van der Waals surface area contributed by atoms with Gasteiger partial charge in [-0.15, -0.1) is 0 Å². The first-order valence-corrected chi connectivity index (χ1v) is 5.68. The molecule has 1 heterocycles. The van der Waals surface area contributed by atoms with E-state index in [-0.39, 0.29) is 11.9 Å². The number of hydrogen-bond donors (Lipinski definition) is 2. The van der Waals surface area contributed by atoms with Crippen LogP contribution in [0.5, 0.6) is 0 Å². The minimum absolute atomic E-state index is 0.00481. The normalized spacial score (nSPS) is 16.8. The van der Waals surface area contributed by atoms with E-state index >= 15 is 0 Å². The van der Waals surface area contributed by atoms with Crippen molar-refractivity contribution in [3.05, 3.63) is 30.1 Å². The molecule has 0 aliphatic heterocycles. The van der Waals surface area contributed by atoms with Gasteiger partial charge in [-0.3, -0.25) is 9.78 Å². The van der Waals surface area contributed by atoms with Gasteiger partial charge in [0.05, 0.1) is 6.42 Å². The Hall–Kier alpha value is -1.42. The molecule has 1 aliphatic rings. The van der Waals surface area contributed by atoms with Crippen LogP contribution in [0.4, 0.5) is 0 Å². The zero-order valence-electron chi connectivity index (χ0n) is 9.23. The summed E-state index contributed by atoms with van der Waals surface area (Å²) in [7, 11) is 0. The number of nitrogens with two attached hydrogens (primary N) is 1. The van der Waals surface area contributed by atoms with E-state index in [9.17, 15) is 4.79 Å². The molecule has 0 spiro atoms. The molecule has 4 nitrogen and oxygen atoms in total. The van der Waals surface area contributed by atoms with E-state index < -0.39 is 0 Å². The summed E-state index contributed by atoms with van der Waals surface area (Å²) in [5.74, 6) is 0.616. The molecule has 2 rings (SSSR count). The standard InChI is InChI=1S/C12H17N3O/c13-11(9-4-5-9)8-15-12(16)7-10-3-1-2-6-14-10/h1-3,6,9,11H,4-5,7-8,13H2,(H,15,16). The fraction of sp³-hybridized carbons (Fsp3) is 0.500. The van der Waals surface area contributed by atoms with Crippen molar-refractivity contribution >= 4 is 5.91 Å². The molecule has 1 aromatic rings. The molecule has 86 valence electrons. The minimum Gasteiger partial charge on any atom is -0.354 e. The average molecular weight is 219 g/mol. The van der Waals surface area contributed by atoms with Gasteiger partial charge in [0.15, 0.2) is 0 Å². The number of rotatable bonds is 5. The zero-order chi connectivity index (χ0) is 11.4. The van der Waals surface area contributed by atoms with E-state index in [0.29, 0.717) is 18.9 Å². The quantitative estimate of drug-likeness (QED) is 0.756. The summed E-state index contributed by atoms with van der Waals surface area (Å²) >= 11 is 0. The fourth-order valence-electron chi connectivity index (χ4n) is 1.65. The Morgan fingerprint density at radius 2 is 2.38 bits per heavy atom. The molecule has 0 bridgehead atoms. The summed E-state index contributed by atoms with van der Waals surface area (Å²) in [5.41, 5.74) is 6.68. The third-order valence-electron chi connectivity index (χ3n) is 2.83. The average Bonchev–Trinajstić information content (AvgIpc) is 3.11. The zero-order valence-corrected chi connectivity index (χ0v) is 9.23. The van der Waals surface area contributed by atoms with Gasteiger partial charge in [-0.05, 0) is 30.9 Å². The van der Waals surface area contributed by atoms with Gasteiger partial charge in [0.1, 0.15) is 0 Å². The number of carbonyl (C=O) groups is 1. The Balaban J connectivity index is 1.72. The first kappa shape index (κ1) is 11.1. The Morgan fingerprint density at radius 3 is 3.00 bits per heavy atom. The molecule has 3 N–H and O–H groups in total. The van der Waals surface area contributed by atoms with E-state index in [1.165, 1.54) is 12.8 Å². The van der Waals surface area contributed by atoms with Crippen LogP contribution in [0.2, 0.25) is 0 Å². The van der Waals surface area contributed by atoms with E-state index in [4.69, 9.17) is 5.73 Å². The van der Waals surface area contributed by atoms with Gasteiger partial charge in [0.2, 0.25) is 5.91 Å². The summed E-state index contributed by atoms with van der Waals surface area (Å²) in [5, 5.41) is 2.85. The van der Waals surface area contributed by atoms with Crippen molar-refractivity contribution in [3.8, 4) is 0 Å². The lowest BCUT2D eigenvalue weighted by Gasteiger charge is -2.11. The Bertz CT molecular complexity index is 349. The Morgan fingerprint density at radius 1 is 1.56 bits per heavy atom. The molecule has 1 aromatic heterocycles. The van der Waals surface area contributed by atoms with Crippen LogP contribution in [0.25, 0.3) is 0 Å². The second kappa shape index (κ2) is 5.07. The van der Waals surface area contributed by atoms with E-state index in [1.807, 2.05) is 18.2 Å². The van der Waals surface area contributed by atoms with Crippen LogP contribution in [0.3, 0.4) is 0 Å². The van der Waals surface area contributed by atoms with Crippen molar-refractivity contribution in [2.45, 2.75) is 25.3 Å². The van der Waals surface area contributed by atoms with Gasteiger partial charge in [0, 0.05) is 24.5 Å². The van der Waals surface area contributed by atoms with Crippen molar-refractivity contribution < 1.29 is 4.79 Å². The van der Waals surface area contributed by atoms with Gasteiger partial charge in [-0.2, -0.15) is 0 Å². The van der Waals surface area contributed by atoms with Gasteiger partial charge in [0.25, 0.3) is 0 Å². The second-order valence-electron chi connectivity index (χ2n) is 4.30. The van der Waals surface area contributed by atoms with Crippen LogP contribution in [0.15, 0.2) is 24.4 Å². The van der Waals surface area contributed by atoms with E-state index in [1.54, 1.807) is 6.20 Å². The highest BCUT2D eigenvalue weighted by atomic mass is 16.1. The van der Waals surface area contributed by atoms with Gasteiger partial charge in [-0.25, -0.2) is 0 Å². The highest BCUT2D eigenvalue weighted by molar-refractivity contribution is 5.78. The van der Waals surface area contributed by atoms with Crippen molar-refractivity contribution in [1.82, 2.24) is 10.3 Å². The predicted octanol–water partition coefficient (Wildman–Crippen LogP) is 0.478. The molecule has 1 amide bonds. The Kier molecular flexibility index (Phi) is 3.51. The van der Waals surface area contributed by atoms with Gasteiger partial charge < -0.3 is 11.1 Å². The number of nitrogens with one attached hydrogen (secondary N) is 1. The number of nitrogens with zero attached hydrogens (tertiary/aromatic N) is 1. The van der Waals surface area contributed by atoms with Crippen LogP contribution in [0, 0.1) is 5.92 Å².